The maximum Gasteiger partial charge on any atom is 0.339 e. The van der Waals surface area contributed by atoms with Crippen LogP contribution in [0.15, 0.2) is 48.5 Å². The van der Waals surface area contributed by atoms with E-state index in [1.165, 1.54) is 26.4 Å². The molecule has 0 radical (unpaired) electrons. The topological polar surface area (TPSA) is 93.1 Å². The predicted molar refractivity (Wildman–Crippen MR) is 79.9 cm³/mol. The summed E-state index contributed by atoms with van der Waals surface area (Å²) in [5.41, 5.74) is 0.380. The Kier molecular flexibility index (Phi) is 6.43. The largest absolute Gasteiger partial charge is 0.496 e. The third kappa shape index (κ3) is 4.52. The first kappa shape index (κ1) is 17.0. The molecule has 0 aromatic heterocycles. The van der Waals surface area contributed by atoms with Crippen LogP contribution in [-0.4, -0.2) is 36.4 Å². The van der Waals surface area contributed by atoms with Gasteiger partial charge in [0.1, 0.15) is 22.6 Å². The quantitative estimate of drug-likeness (QED) is 0.902. The standard InChI is InChI=1S/2C8H8O3/c2*1-11-7-5-3-2-4-6(7)8(9)10/h2*2-5H,1H3,(H,9,10). The Morgan fingerprint density at radius 3 is 1.27 bits per heavy atom. The van der Waals surface area contributed by atoms with Crippen molar-refractivity contribution in [2.75, 3.05) is 14.2 Å². The molecule has 6 heteroatoms. The smallest absolute Gasteiger partial charge is 0.339 e. The van der Waals surface area contributed by atoms with Gasteiger partial charge in [-0.25, -0.2) is 9.59 Å². The fraction of sp³-hybridized carbons (Fsp3) is 0.125. The van der Waals surface area contributed by atoms with Crippen LogP contribution >= 0.6 is 0 Å². The number of aromatic carboxylic acids is 2. The van der Waals surface area contributed by atoms with E-state index in [1.807, 2.05) is 0 Å². The van der Waals surface area contributed by atoms with E-state index < -0.39 is 11.9 Å². The average molecular weight is 304 g/mol. The zero-order chi connectivity index (χ0) is 16.5. The summed E-state index contributed by atoms with van der Waals surface area (Å²) in [6.07, 6.45) is 0. The lowest BCUT2D eigenvalue weighted by atomic mass is 10.2. The van der Waals surface area contributed by atoms with Crippen molar-refractivity contribution in [3.8, 4) is 11.5 Å². The summed E-state index contributed by atoms with van der Waals surface area (Å²) in [5.74, 6) is -1.16. The highest BCUT2D eigenvalue weighted by Gasteiger charge is 2.08. The van der Waals surface area contributed by atoms with Gasteiger partial charge >= 0.3 is 11.9 Å². The normalized spacial score (nSPS) is 9.18. The number of methoxy groups -OCH3 is 2. The number of benzene rings is 2. The zero-order valence-corrected chi connectivity index (χ0v) is 12.1. The molecule has 6 nitrogen and oxygen atoms in total. The minimum Gasteiger partial charge on any atom is -0.496 e. The van der Waals surface area contributed by atoms with E-state index in [2.05, 4.69) is 0 Å². The molecule has 0 aliphatic heterocycles. The number of hydrogen-bond donors (Lipinski definition) is 2. The van der Waals surface area contributed by atoms with E-state index >= 15 is 0 Å². The molecule has 2 aromatic carbocycles. The Morgan fingerprint density at radius 1 is 0.727 bits per heavy atom. The lowest BCUT2D eigenvalue weighted by Crippen LogP contribution is -1.99. The van der Waals surface area contributed by atoms with Gasteiger partial charge in [-0.3, -0.25) is 0 Å². The van der Waals surface area contributed by atoms with Crippen LogP contribution < -0.4 is 9.47 Å². The van der Waals surface area contributed by atoms with Gasteiger partial charge in [-0.1, -0.05) is 24.3 Å². The van der Waals surface area contributed by atoms with Gasteiger partial charge in [-0.15, -0.1) is 0 Å². The number of hydrogen-bond acceptors (Lipinski definition) is 4. The minimum atomic E-state index is -0.970. The summed E-state index contributed by atoms with van der Waals surface area (Å²) in [5, 5.41) is 17.2. The monoisotopic (exact) mass is 304 g/mol. The van der Waals surface area contributed by atoms with Gasteiger partial charge in [-0.05, 0) is 24.3 Å². The number of ether oxygens (including phenoxy) is 2. The first-order valence-corrected chi connectivity index (χ1v) is 6.23. The van der Waals surface area contributed by atoms with Crippen molar-refractivity contribution in [2.24, 2.45) is 0 Å². The van der Waals surface area contributed by atoms with Crippen molar-refractivity contribution in [3.05, 3.63) is 59.7 Å². The third-order valence-corrected chi connectivity index (χ3v) is 2.67. The molecule has 0 amide bonds. The SMILES string of the molecule is COc1ccccc1C(=O)O.COc1ccccc1C(=O)O. The molecule has 0 bridgehead atoms. The van der Waals surface area contributed by atoms with E-state index in [9.17, 15) is 9.59 Å². The molecule has 0 saturated heterocycles. The Bertz CT molecular complexity index is 593. The molecule has 0 unspecified atom stereocenters. The molecule has 0 heterocycles. The van der Waals surface area contributed by atoms with E-state index in [0.29, 0.717) is 11.5 Å². The van der Waals surface area contributed by atoms with Gasteiger partial charge in [0.15, 0.2) is 0 Å². The highest BCUT2D eigenvalue weighted by Crippen LogP contribution is 2.17. The highest BCUT2D eigenvalue weighted by molar-refractivity contribution is 5.91. The second-order valence-corrected chi connectivity index (χ2v) is 4.01. The zero-order valence-electron chi connectivity index (χ0n) is 12.1. The van der Waals surface area contributed by atoms with E-state index in [4.69, 9.17) is 19.7 Å². The summed E-state index contributed by atoms with van der Waals surface area (Å²) < 4.78 is 9.65. The van der Waals surface area contributed by atoms with Gasteiger partial charge in [0.25, 0.3) is 0 Å². The predicted octanol–water partition coefficient (Wildman–Crippen LogP) is 2.79. The number of carboxylic acid groups (broad SMARTS) is 2. The van der Waals surface area contributed by atoms with Crippen LogP contribution in [0.4, 0.5) is 0 Å². The summed E-state index contributed by atoms with van der Waals surface area (Å²) in [6.45, 7) is 0. The summed E-state index contributed by atoms with van der Waals surface area (Å²) in [6, 6.07) is 13.0. The van der Waals surface area contributed by atoms with E-state index in [-0.39, 0.29) is 11.1 Å². The molecule has 22 heavy (non-hydrogen) atoms. The van der Waals surface area contributed by atoms with Gasteiger partial charge in [0, 0.05) is 0 Å². The molecule has 0 saturated carbocycles. The Balaban J connectivity index is 0.000000220. The van der Waals surface area contributed by atoms with Gasteiger partial charge in [0.05, 0.1) is 14.2 Å². The van der Waals surface area contributed by atoms with Crippen molar-refractivity contribution < 1.29 is 29.3 Å². The number of rotatable bonds is 4. The second kappa shape index (κ2) is 8.31. The Hall–Kier alpha value is -3.02. The van der Waals surface area contributed by atoms with Gasteiger partial charge in [0.2, 0.25) is 0 Å². The maximum atomic E-state index is 10.5. The summed E-state index contributed by atoms with van der Waals surface area (Å²) >= 11 is 0. The van der Waals surface area contributed by atoms with Crippen LogP contribution in [0.3, 0.4) is 0 Å². The van der Waals surface area contributed by atoms with E-state index in [1.54, 1.807) is 36.4 Å². The van der Waals surface area contributed by atoms with Crippen molar-refractivity contribution in [1.29, 1.82) is 0 Å². The number of carbonyl (C=O) groups is 2. The van der Waals surface area contributed by atoms with Gasteiger partial charge in [-0.2, -0.15) is 0 Å². The van der Waals surface area contributed by atoms with Crippen LogP contribution in [0.2, 0.25) is 0 Å². The average Bonchev–Trinajstić information content (AvgIpc) is 2.55. The molecule has 2 N–H and O–H groups in total. The van der Waals surface area contributed by atoms with Crippen molar-refractivity contribution in [2.45, 2.75) is 0 Å². The lowest BCUT2D eigenvalue weighted by Gasteiger charge is -2.01. The molecular weight excluding hydrogens is 288 g/mol. The highest BCUT2D eigenvalue weighted by atomic mass is 16.5. The number of para-hydroxylation sites is 2. The van der Waals surface area contributed by atoms with E-state index in [0.717, 1.165) is 0 Å². The molecule has 0 aliphatic rings. The van der Waals surface area contributed by atoms with Crippen LogP contribution in [-0.2, 0) is 0 Å². The molecule has 0 atom stereocenters. The van der Waals surface area contributed by atoms with Crippen molar-refractivity contribution in [1.82, 2.24) is 0 Å². The molecule has 0 aliphatic carbocycles. The first-order chi connectivity index (χ1) is 10.5. The molecule has 0 fully saturated rings. The third-order valence-electron chi connectivity index (χ3n) is 2.67. The van der Waals surface area contributed by atoms with Crippen LogP contribution in [0.25, 0.3) is 0 Å². The van der Waals surface area contributed by atoms with Crippen molar-refractivity contribution in [3.63, 3.8) is 0 Å². The Morgan fingerprint density at radius 2 is 1.05 bits per heavy atom. The first-order valence-electron chi connectivity index (χ1n) is 6.23. The van der Waals surface area contributed by atoms with Crippen LogP contribution in [0, 0.1) is 0 Å². The van der Waals surface area contributed by atoms with Crippen LogP contribution in [0.1, 0.15) is 20.7 Å². The molecule has 0 spiro atoms. The molecule has 116 valence electrons. The molecule has 2 rings (SSSR count). The number of carboxylic acids is 2. The summed E-state index contributed by atoms with van der Waals surface area (Å²) in [7, 11) is 2.89. The van der Waals surface area contributed by atoms with Crippen molar-refractivity contribution >= 4 is 11.9 Å². The van der Waals surface area contributed by atoms with Gasteiger partial charge < -0.3 is 19.7 Å². The fourth-order valence-corrected chi connectivity index (χ4v) is 1.64. The second-order valence-electron chi connectivity index (χ2n) is 4.01. The summed E-state index contributed by atoms with van der Waals surface area (Å²) in [4.78, 5) is 21.0. The minimum absolute atomic E-state index is 0.190. The molecular formula is C16H16O6. The van der Waals surface area contributed by atoms with Crippen LogP contribution in [0.5, 0.6) is 11.5 Å². The fourth-order valence-electron chi connectivity index (χ4n) is 1.64. The maximum absolute atomic E-state index is 10.5. The lowest BCUT2D eigenvalue weighted by molar-refractivity contribution is 0.0682. The Labute approximate surface area is 127 Å². The molecule has 2 aromatic rings.